The normalized spacial score (nSPS) is 29.8. The van der Waals surface area contributed by atoms with Crippen LogP contribution in [0.4, 0.5) is 4.79 Å². The molecule has 5 nitrogen and oxygen atoms in total. The van der Waals surface area contributed by atoms with E-state index in [0.29, 0.717) is 37.9 Å². The third-order valence-electron chi connectivity index (χ3n) is 4.93. The van der Waals surface area contributed by atoms with Crippen molar-refractivity contribution in [2.24, 2.45) is 11.3 Å². The number of aliphatic carboxylic acids is 1. The highest BCUT2D eigenvalue weighted by atomic mass is 16.4. The molecule has 2 aliphatic rings. The average molecular weight is 282 g/mol. The number of carbonyl (C=O) groups is 2. The summed E-state index contributed by atoms with van der Waals surface area (Å²) in [7, 11) is 0. The van der Waals surface area contributed by atoms with E-state index < -0.39 is 11.4 Å². The van der Waals surface area contributed by atoms with Gasteiger partial charge in [0.15, 0.2) is 0 Å². The molecule has 5 heteroatoms. The van der Waals surface area contributed by atoms with Gasteiger partial charge in [-0.3, -0.25) is 4.79 Å². The molecule has 2 fully saturated rings. The number of hydrogen-bond donors (Lipinski definition) is 2. The van der Waals surface area contributed by atoms with Crippen molar-refractivity contribution in [1.82, 2.24) is 10.2 Å². The first-order valence-electron chi connectivity index (χ1n) is 7.69. The third kappa shape index (κ3) is 3.44. The summed E-state index contributed by atoms with van der Waals surface area (Å²) in [6.07, 6.45) is 5.65. The van der Waals surface area contributed by atoms with Gasteiger partial charge in [-0.25, -0.2) is 4.79 Å². The average Bonchev–Trinajstić information content (AvgIpc) is 2.39. The van der Waals surface area contributed by atoms with Gasteiger partial charge in [0.2, 0.25) is 0 Å². The Morgan fingerprint density at radius 2 is 1.90 bits per heavy atom. The Morgan fingerprint density at radius 3 is 2.45 bits per heavy atom. The van der Waals surface area contributed by atoms with Gasteiger partial charge in [0.1, 0.15) is 0 Å². The van der Waals surface area contributed by atoms with Crippen molar-refractivity contribution < 1.29 is 14.7 Å². The number of carboxylic acids is 1. The van der Waals surface area contributed by atoms with E-state index in [9.17, 15) is 14.7 Å². The van der Waals surface area contributed by atoms with Crippen LogP contribution in [0, 0.1) is 11.3 Å². The number of nitrogens with one attached hydrogen (secondary N) is 1. The first-order chi connectivity index (χ1) is 9.40. The number of carboxylic acid groups (broad SMARTS) is 1. The Hall–Kier alpha value is -1.26. The fourth-order valence-electron chi connectivity index (χ4n) is 3.25. The van der Waals surface area contributed by atoms with Crippen LogP contribution in [0.2, 0.25) is 0 Å². The van der Waals surface area contributed by atoms with Gasteiger partial charge in [-0.15, -0.1) is 0 Å². The Bertz CT molecular complexity index is 375. The fourth-order valence-corrected chi connectivity index (χ4v) is 3.25. The van der Waals surface area contributed by atoms with Crippen LogP contribution in [0.5, 0.6) is 0 Å². The summed E-state index contributed by atoms with van der Waals surface area (Å²) in [4.78, 5) is 25.2. The van der Waals surface area contributed by atoms with E-state index in [1.54, 1.807) is 11.8 Å². The molecule has 0 radical (unpaired) electrons. The SMILES string of the molecule is CC1CCCC(NC(=O)N2CCC(C)(C(=O)O)CC2)C1. The van der Waals surface area contributed by atoms with Crippen molar-refractivity contribution >= 4 is 12.0 Å². The summed E-state index contributed by atoms with van der Waals surface area (Å²) in [6, 6.07) is 0.274. The van der Waals surface area contributed by atoms with Gasteiger partial charge < -0.3 is 15.3 Å². The van der Waals surface area contributed by atoms with Gasteiger partial charge in [0, 0.05) is 19.1 Å². The van der Waals surface area contributed by atoms with Crippen LogP contribution in [-0.4, -0.2) is 41.1 Å². The number of hydrogen-bond acceptors (Lipinski definition) is 2. The highest BCUT2D eigenvalue weighted by Crippen LogP contribution is 2.31. The van der Waals surface area contributed by atoms with Crippen molar-refractivity contribution in [2.75, 3.05) is 13.1 Å². The van der Waals surface area contributed by atoms with Crippen LogP contribution in [-0.2, 0) is 4.79 Å². The molecule has 2 N–H and O–H groups in total. The molecule has 2 atom stereocenters. The highest BCUT2D eigenvalue weighted by molar-refractivity contribution is 5.77. The molecule has 2 unspecified atom stereocenters. The number of nitrogens with zero attached hydrogens (tertiary/aromatic N) is 1. The first kappa shape index (κ1) is 15.1. The molecule has 1 heterocycles. The lowest BCUT2D eigenvalue weighted by molar-refractivity contribution is -0.150. The number of carbonyl (C=O) groups excluding carboxylic acids is 1. The standard InChI is InChI=1S/C15H26N2O3/c1-11-4-3-5-12(10-11)16-14(20)17-8-6-15(2,7-9-17)13(18)19/h11-12H,3-10H2,1-2H3,(H,16,20)(H,18,19). The van der Waals surface area contributed by atoms with Crippen molar-refractivity contribution in [1.29, 1.82) is 0 Å². The molecule has 1 saturated carbocycles. The minimum absolute atomic E-state index is 0.0171. The second kappa shape index (κ2) is 6.02. The summed E-state index contributed by atoms with van der Waals surface area (Å²) in [5, 5.41) is 12.3. The molecular weight excluding hydrogens is 256 g/mol. The summed E-state index contributed by atoms with van der Waals surface area (Å²) < 4.78 is 0. The summed E-state index contributed by atoms with van der Waals surface area (Å²) in [6.45, 7) is 5.08. The molecular formula is C15H26N2O3. The smallest absolute Gasteiger partial charge is 0.317 e. The van der Waals surface area contributed by atoms with E-state index in [4.69, 9.17) is 0 Å². The van der Waals surface area contributed by atoms with Gasteiger partial charge >= 0.3 is 12.0 Å². The Kier molecular flexibility index (Phi) is 4.55. The molecule has 1 aliphatic carbocycles. The van der Waals surface area contributed by atoms with Crippen LogP contribution in [0.15, 0.2) is 0 Å². The monoisotopic (exact) mass is 282 g/mol. The van der Waals surface area contributed by atoms with E-state index in [1.165, 1.54) is 12.8 Å². The Labute approximate surface area is 120 Å². The summed E-state index contributed by atoms with van der Waals surface area (Å²) >= 11 is 0. The minimum Gasteiger partial charge on any atom is -0.481 e. The van der Waals surface area contributed by atoms with Crippen molar-refractivity contribution in [2.45, 2.75) is 58.4 Å². The molecule has 2 rings (SSSR count). The molecule has 20 heavy (non-hydrogen) atoms. The Morgan fingerprint density at radius 1 is 1.25 bits per heavy atom. The van der Waals surface area contributed by atoms with E-state index in [2.05, 4.69) is 12.2 Å². The zero-order chi connectivity index (χ0) is 14.8. The van der Waals surface area contributed by atoms with Gasteiger partial charge in [-0.05, 0) is 38.5 Å². The molecule has 0 spiro atoms. The number of amides is 2. The highest BCUT2D eigenvalue weighted by Gasteiger charge is 2.38. The molecule has 0 aromatic heterocycles. The second-order valence-electron chi connectivity index (χ2n) is 6.77. The lowest BCUT2D eigenvalue weighted by atomic mass is 9.80. The molecule has 0 aromatic carbocycles. The van der Waals surface area contributed by atoms with E-state index >= 15 is 0 Å². The third-order valence-corrected chi connectivity index (χ3v) is 4.93. The number of urea groups is 1. The quantitative estimate of drug-likeness (QED) is 0.817. The van der Waals surface area contributed by atoms with Crippen LogP contribution in [0.25, 0.3) is 0 Å². The molecule has 0 bridgehead atoms. The zero-order valence-corrected chi connectivity index (χ0v) is 12.5. The van der Waals surface area contributed by atoms with Gasteiger partial charge in [0.05, 0.1) is 5.41 Å². The lowest BCUT2D eigenvalue weighted by Crippen LogP contribution is -2.51. The first-order valence-corrected chi connectivity index (χ1v) is 7.69. The van der Waals surface area contributed by atoms with Crippen molar-refractivity contribution in [3.8, 4) is 0 Å². The van der Waals surface area contributed by atoms with Crippen LogP contribution in [0.3, 0.4) is 0 Å². The second-order valence-corrected chi connectivity index (χ2v) is 6.77. The van der Waals surface area contributed by atoms with Crippen LogP contribution < -0.4 is 5.32 Å². The predicted molar refractivity (Wildman–Crippen MR) is 76.5 cm³/mol. The van der Waals surface area contributed by atoms with Crippen LogP contribution >= 0.6 is 0 Å². The maximum absolute atomic E-state index is 12.2. The summed E-state index contributed by atoms with van der Waals surface area (Å²) in [5.41, 5.74) is -0.671. The van der Waals surface area contributed by atoms with Gasteiger partial charge in [0.25, 0.3) is 0 Å². The Balaban J connectivity index is 1.81. The van der Waals surface area contributed by atoms with Crippen molar-refractivity contribution in [3.05, 3.63) is 0 Å². The minimum atomic E-state index is -0.751. The maximum atomic E-state index is 12.2. The van der Waals surface area contributed by atoms with Gasteiger partial charge in [-0.1, -0.05) is 19.8 Å². The van der Waals surface area contributed by atoms with E-state index in [-0.39, 0.29) is 6.03 Å². The lowest BCUT2D eigenvalue weighted by Gasteiger charge is -2.37. The molecule has 114 valence electrons. The number of piperidine rings is 1. The molecule has 2 amide bonds. The maximum Gasteiger partial charge on any atom is 0.317 e. The molecule has 1 aliphatic heterocycles. The fraction of sp³-hybridized carbons (Fsp3) is 0.867. The number of likely N-dealkylation sites (tertiary alicyclic amines) is 1. The number of rotatable bonds is 2. The predicted octanol–water partition coefficient (Wildman–Crippen LogP) is 2.46. The topological polar surface area (TPSA) is 69.6 Å². The largest absolute Gasteiger partial charge is 0.481 e. The van der Waals surface area contributed by atoms with Crippen LogP contribution in [0.1, 0.15) is 52.4 Å². The molecule has 1 saturated heterocycles. The van der Waals surface area contributed by atoms with Gasteiger partial charge in [-0.2, -0.15) is 0 Å². The van der Waals surface area contributed by atoms with E-state index in [0.717, 1.165) is 12.8 Å². The summed E-state index contributed by atoms with van der Waals surface area (Å²) in [5.74, 6) is -0.0654. The van der Waals surface area contributed by atoms with Crippen molar-refractivity contribution in [3.63, 3.8) is 0 Å². The molecule has 0 aromatic rings. The zero-order valence-electron chi connectivity index (χ0n) is 12.5. The van der Waals surface area contributed by atoms with E-state index in [1.807, 2.05) is 0 Å².